The second kappa shape index (κ2) is 10.6. The van der Waals surface area contributed by atoms with Gasteiger partial charge in [-0.2, -0.15) is 0 Å². The lowest BCUT2D eigenvalue weighted by atomic mass is 9.83. The summed E-state index contributed by atoms with van der Waals surface area (Å²) in [4.78, 5) is 0. The average Bonchev–Trinajstić information content (AvgIpc) is 3.16. The average molecular weight is 549 g/mol. The Kier molecular flexibility index (Phi) is 6.20. The Labute approximate surface area is 250 Å². The van der Waals surface area contributed by atoms with Crippen LogP contribution in [0.3, 0.4) is 0 Å². The van der Waals surface area contributed by atoms with Crippen LogP contribution in [0.1, 0.15) is 0 Å². The van der Waals surface area contributed by atoms with Crippen LogP contribution in [0.4, 0.5) is 0 Å². The van der Waals surface area contributed by atoms with Gasteiger partial charge < -0.3 is 4.42 Å². The quantitative estimate of drug-likeness (QED) is 0.200. The standard InChI is InChI=1S/C42H28O/c1-2-14-29(15-3-1)33-25-13-27-43-40-26-11-5-17-31(40)28-39(33)42-37-22-9-7-20-35(37)41(36-21-8-10-23-38(36)42)34-24-12-18-30-16-4-6-19-32(30)34/h1-28H. The van der Waals surface area contributed by atoms with E-state index in [0.717, 1.165) is 27.7 Å². The fourth-order valence-electron chi connectivity index (χ4n) is 6.51. The normalized spacial score (nSPS) is 11.3. The molecule has 7 aromatic carbocycles. The molecular formula is C42H28O. The molecule has 202 valence electrons. The highest BCUT2D eigenvalue weighted by Gasteiger charge is 2.19. The molecule has 0 aliphatic carbocycles. The number of fused-ring (bicyclic) bond motifs is 4. The van der Waals surface area contributed by atoms with E-state index in [1.165, 1.54) is 49.0 Å². The van der Waals surface area contributed by atoms with E-state index in [9.17, 15) is 0 Å². The molecule has 43 heavy (non-hydrogen) atoms. The van der Waals surface area contributed by atoms with Crippen LogP contribution in [0, 0.1) is 0 Å². The summed E-state index contributed by atoms with van der Waals surface area (Å²) in [6.07, 6.45) is 1.78. The Hall–Kier alpha value is -5.66. The molecule has 0 saturated carbocycles. The third-order valence-corrected chi connectivity index (χ3v) is 8.39. The van der Waals surface area contributed by atoms with E-state index in [1.54, 1.807) is 6.26 Å². The van der Waals surface area contributed by atoms with Crippen molar-refractivity contribution in [3.63, 3.8) is 0 Å². The van der Waals surface area contributed by atoms with Crippen LogP contribution in [-0.2, 0) is 0 Å². The van der Waals surface area contributed by atoms with Gasteiger partial charge in [0.25, 0.3) is 0 Å². The molecule has 0 spiro atoms. The minimum atomic E-state index is 0.833. The smallest absolute Gasteiger partial charge is 0.133 e. The number of hydrogen-bond acceptors (Lipinski definition) is 1. The van der Waals surface area contributed by atoms with E-state index >= 15 is 0 Å². The summed E-state index contributed by atoms with van der Waals surface area (Å²) in [5.74, 6) is 0. The van der Waals surface area contributed by atoms with E-state index in [4.69, 9.17) is 4.42 Å². The first-order valence-corrected chi connectivity index (χ1v) is 14.7. The highest BCUT2D eigenvalue weighted by molar-refractivity contribution is 6.24. The van der Waals surface area contributed by atoms with Crippen molar-refractivity contribution in [2.75, 3.05) is 0 Å². The Bertz CT molecular complexity index is 2280. The highest BCUT2D eigenvalue weighted by Crippen LogP contribution is 2.47. The van der Waals surface area contributed by atoms with Crippen LogP contribution in [-0.4, -0.2) is 0 Å². The van der Waals surface area contributed by atoms with Crippen molar-refractivity contribution < 1.29 is 4.42 Å². The predicted molar refractivity (Wildman–Crippen MR) is 183 cm³/mol. The molecule has 0 aliphatic heterocycles. The van der Waals surface area contributed by atoms with Crippen LogP contribution in [0.5, 0.6) is 0 Å². The molecule has 1 aromatic heterocycles. The Morgan fingerprint density at radius 2 is 0.837 bits per heavy atom. The van der Waals surface area contributed by atoms with E-state index < -0.39 is 0 Å². The van der Waals surface area contributed by atoms with Crippen LogP contribution in [0.15, 0.2) is 174 Å². The zero-order valence-corrected chi connectivity index (χ0v) is 23.6. The molecular weight excluding hydrogens is 520 g/mol. The van der Waals surface area contributed by atoms with Gasteiger partial charge in [-0.25, -0.2) is 0 Å². The van der Waals surface area contributed by atoms with Gasteiger partial charge in [-0.3, -0.25) is 0 Å². The minimum Gasteiger partial charge on any atom is -0.464 e. The lowest BCUT2D eigenvalue weighted by Crippen LogP contribution is -1.92. The third kappa shape index (κ3) is 4.34. The molecule has 0 saturated heterocycles. The van der Waals surface area contributed by atoms with Crippen LogP contribution >= 0.6 is 0 Å². The summed E-state index contributed by atoms with van der Waals surface area (Å²) in [5.41, 5.74) is 8.03. The summed E-state index contributed by atoms with van der Waals surface area (Å²) in [5, 5.41) is 8.46. The maximum Gasteiger partial charge on any atom is 0.133 e. The fraction of sp³-hybridized carbons (Fsp3) is 0. The van der Waals surface area contributed by atoms with Crippen LogP contribution in [0.25, 0.3) is 76.7 Å². The lowest BCUT2D eigenvalue weighted by molar-refractivity contribution is 0.606. The van der Waals surface area contributed by atoms with Crippen molar-refractivity contribution in [1.82, 2.24) is 0 Å². The van der Waals surface area contributed by atoms with Crippen molar-refractivity contribution >= 4 is 43.3 Å². The number of rotatable bonds is 3. The number of hydrogen-bond donors (Lipinski definition) is 0. The molecule has 1 nitrogen and oxygen atoms in total. The lowest BCUT2D eigenvalue weighted by Gasteiger charge is -2.20. The van der Waals surface area contributed by atoms with Crippen molar-refractivity contribution in [3.05, 3.63) is 170 Å². The van der Waals surface area contributed by atoms with E-state index in [-0.39, 0.29) is 0 Å². The van der Waals surface area contributed by atoms with Gasteiger partial charge >= 0.3 is 0 Å². The second-order valence-electron chi connectivity index (χ2n) is 10.9. The zero-order valence-electron chi connectivity index (χ0n) is 23.6. The molecule has 0 radical (unpaired) electrons. The fourth-order valence-corrected chi connectivity index (χ4v) is 6.51. The Morgan fingerprint density at radius 3 is 1.53 bits per heavy atom. The molecule has 0 amide bonds. The first-order valence-electron chi connectivity index (χ1n) is 14.7. The van der Waals surface area contributed by atoms with Gasteiger partial charge in [0.15, 0.2) is 0 Å². The summed E-state index contributed by atoms with van der Waals surface area (Å²) in [6.45, 7) is 0. The molecule has 1 heterocycles. The Morgan fingerprint density at radius 1 is 0.326 bits per heavy atom. The summed E-state index contributed by atoms with van der Waals surface area (Å²) in [6, 6.07) is 58.5. The summed E-state index contributed by atoms with van der Waals surface area (Å²) in [7, 11) is 0. The van der Waals surface area contributed by atoms with Gasteiger partial charge in [0, 0.05) is 5.39 Å². The maximum atomic E-state index is 6.10. The van der Waals surface area contributed by atoms with E-state index in [0.29, 0.717) is 0 Å². The first kappa shape index (κ1) is 25.1. The molecule has 0 aliphatic rings. The van der Waals surface area contributed by atoms with Crippen LogP contribution < -0.4 is 0 Å². The molecule has 0 N–H and O–H groups in total. The highest BCUT2D eigenvalue weighted by atomic mass is 16.3. The monoisotopic (exact) mass is 548 g/mol. The molecule has 1 heteroatoms. The largest absolute Gasteiger partial charge is 0.464 e. The summed E-state index contributed by atoms with van der Waals surface area (Å²) < 4.78 is 6.10. The van der Waals surface area contributed by atoms with Crippen LogP contribution in [0.2, 0.25) is 0 Å². The maximum absolute atomic E-state index is 6.10. The van der Waals surface area contributed by atoms with E-state index in [1.807, 2.05) is 18.2 Å². The molecule has 0 fully saturated rings. The van der Waals surface area contributed by atoms with Gasteiger partial charge in [-0.15, -0.1) is 0 Å². The third-order valence-electron chi connectivity index (χ3n) is 8.39. The predicted octanol–water partition coefficient (Wildman–Crippen LogP) is 12.0. The summed E-state index contributed by atoms with van der Waals surface area (Å²) >= 11 is 0. The van der Waals surface area contributed by atoms with Gasteiger partial charge in [0.2, 0.25) is 0 Å². The first-order chi connectivity index (χ1) is 21.4. The minimum absolute atomic E-state index is 0.833. The van der Waals surface area contributed by atoms with Crippen molar-refractivity contribution in [1.29, 1.82) is 0 Å². The zero-order chi connectivity index (χ0) is 28.6. The SMILES string of the molecule is c1ccc(-c2cccoc3ccccc3cc2-c2c3ccccc3c(-c3cccc4ccccc34)c3ccccc23)cc1. The molecule has 0 atom stereocenters. The number of para-hydroxylation sites is 1. The molecule has 8 aromatic rings. The molecule has 8 rings (SSSR count). The molecule has 0 unspecified atom stereocenters. The van der Waals surface area contributed by atoms with Crippen molar-refractivity contribution in [3.8, 4) is 33.4 Å². The van der Waals surface area contributed by atoms with Crippen molar-refractivity contribution in [2.45, 2.75) is 0 Å². The van der Waals surface area contributed by atoms with Crippen molar-refractivity contribution in [2.24, 2.45) is 0 Å². The van der Waals surface area contributed by atoms with Gasteiger partial charge in [0.05, 0.1) is 6.26 Å². The topological polar surface area (TPSA) is 13.1 Å². The molecule has 0 bridgehead atoms. The Balaban J connectivity index is 1.60. The second-order valence-corrected chi connectivity index (χ2v) is 10.9. The van der Waals surface area contributed by atoms with Gasteiger partial charge in [-0.1, -0.05) is 146 Å². The van der Waals surface area contributed by atoms with E-state index in [2.05, 4.69) is 146 Å². The number of benzene rings is 7. The van der Waals surface area contributed by atoms with Gasteiger partial charge in [-0.05, 0) is 83.9 Å². The van der Waals surface area contributed by atoms with Gasteiger partial charge in [0.1, 0.15) is 5.58 Å².